The van der Waals surface area contributed by atoms with E-state index < -0.39 is 0 Å². The van der Waals surface area contributed by atoms with Crippen LogP contribution in [-0.4, -0.2) is 42.3 Å². The summed E-state index contributed by atoms with van der Waals surface area (Å²) in [6.07, 6.45) is 4.14. The minimum atomic E-state index is -0.140. The predicted octanol–water partition coefficient (Wildman–Crippen LogP) is 4.98. The van der Waals surface area contributed by atoms with Gasteiger partial charge in [0.05, 0.1) is 24.7 Å². The Labute approximate surface area is 217 Å². The number of nitrogens with zero attached hydrogens (tertiary/aromatic N) is 2. The number of nitrogens with one attached hydrogen (secondary N) is 1. The Morgan fingerprint density at radius 3 is 2.65 bits per heavy atom. The molecule has 1 heterocycles. The zero-order chi connectivity index (χ0) is 25.9. The lowest BCUT2D eigenvalue weighted by molar-refractivity contribution is -0.123. The second kappa shape index (κ2) is 13.2. The lowest BCUT2D eigenvalue weighted by atomic mass is 10.1. The number of amides is 1. The molecule has 0 saturated carbocycles. The molecule has 0 atom stereocenters. The molecular formula is C30H33N3O4. The molecule has 0 aliphatic rings. The van der Waals surface area contributed by atoms with Gasteiger partial charge in [0.2, 0.25) is 0 Å². The first-order valence-electron chi connectivity index (χ1n) is 12.5. The molecule has 0 aliphatic heterocycles. The largest absolute Gasteiger partial charge is 0.493 e. The van der Waals surface area contributed by atoms with Crippen LogP contribution in [0.15, 0.2) is 85.5 Å². The molecule has 7 heteroatoms. The summed E-state index contributed by atoms with van der Waals surface area (Å²) in [4.78, 5) is 17.0. The monoisotopic (exact) mass is 499 g/mol. The van der Waals surface area contributed by atoms with E-state index in [4.69, 9.17) is 19.2 Å². The highest BCUT2D eigenvalue weighted by Crippen LogP contribution is 2.28. The maximum Gasteiger partial charge on any atom is 0.257 e. The molecule has 0 fully saturated rings. The molecule has 1 amide bonds. The Morgan fingerprint density at radius 1 is 1.03 bits per heavy atom. The minimum Gasteiger partial charge on any atom is -0.493 e. The Kier molecular flexibility index (Phi) is 9.18. The van der Waals surface area contributed by atoms with E-state index in [0.717, 1.165) is 41.7 Å². The first-order valence-corrected chi connectivity index (χ1v) is 12.5. The van der Waals surface area contributed by atoms with E-state index in [-0.39, 0.29) is 12.5 Å². The number of hydrogen-bond donors (Lipinski definition) is 1. The number of hydrogen-bond acceptors (Lipinski definition) is 5. The van der Waals surface area contributed by atoms with Gasteiger partial charge in [0.25, 0.3) is 5.91 Å². The van der Waals surface area contributed by atoms with Crippen LogP contribution in [0.25, 0.3) is 11.0 Å². The Morgan fingerprint density at radius 2 is 1.84 bits per heavy atom. The average molecular weight is 500 g/mol. The van der Waals surface area contributed by atoms with E-state index in [0.29, 0.717) is 36.9 Å². The summed E-state index contributed by atoms with van der Waals surface area (Å²) in [5.41, 5.74) is 3.14. The number of benzene rings is 3. The summed E-state index contributed by atoms with van der Waals surface area (Å²) in [6.45, 7) is 5.45. The molecule has 37 heavy (non-hydrogen) atoms. The first-order chi connectivity index (χ1) is 18.2. The van der Waals surface area contributed by atoms with E-state index >= 15 is 0 Å². The number of imidazole rings is 1. The van der Waals surface area contributed by atoms with Crippen LogP contribution in [0.5, 0.6) is 17.2 Å². The quantitative estimate of drug-likeness (QED) is 0.196. The molecule has 1 aromatic heterocycles. The van der Waals surface area contributed by atoms with Crippen molar-refractivity contribution in [3.8, 4) is 17.2 Å². The Balaban J connectivity index is 1.32. The molecule has 4 rings (SSSR count). The fourth-order valence-electron chi connectivity index (χ4n) is 4.13. The van der Waals surface area contributed by atoms with Crippen molar-refractivity contribution in [2.24, 2.45) is 0 Å². The highest BCUT2D eigenvalue weighted by Gasteiger charge is 2.12. The van der Waals surface area contributed by atoms with Gasteiger partial charge in [-0.1, -0.05) is 42.5 Å². The van der Waals surface area contributed by atoms with Gasteiger partial charge in [-0.2, -0.15) is 0 Å². The molecule has 0 aliphatic carbocycles. The number of fused-ring (bicyclic) bond motifs is 1. The van der Waals surface area contributed by atoms with E-state index in [9.17, 15) is 4.79 Å². The highest BCUT2D eigenvalue weighted by molar-refractivity contribution is 5.77. The van der Waals surface area contributed by atoms with Gasteiger partial charge in [-0.3, -0.25) is 4.79 Å². The number of aryl methyl sites for hydroxylation is 1. The van der Waals surface area contributed by atoms with E-state index in [1.807, 2.05) is 72.8 Å². The fraction of sp³-hybridized carbons (Fsp3) is 0.267. The van der Waals surface area contributed by atoms with Crippen molar-refractivity contribution in [3.63, 3.8) is 0 Å². The zero-order valence-electron chi connectivity index (χ0n) is 21.2. The normalized spacial score (nSPS) is 10.7. The second-order valence-corrected chi connectivity index (χ2v) is 8.55. The maximum atomic E-state index is 12.1. The van der Waals surface area contributed by atoms with Crippen molar-refractivity contribution in [3.05, 3.63) is 96.8 Å². The van der Waals surface area contributed by atoms with Gasteiger partial charge >= 0.3 is 0 Å². The SMILES string of the molecule is C=CCc1ccc(OCCn2c(CCCNC(=O)COc3ccccc3)nc3ccccc32)c(OC)c1. The van der Waals surface area contributed by atoms with Crippen molar-refractivity contribution in [1.82, 2.24) is 14.9 Å². The second-order valence-electron chi connectivity index (χ2n) is 8.55. The molecule has 0 radical (unpaired) electrons. The Hall–Kier alpha value is -4.26. The standard InChI is InChI=1S/C30H33N3O4/c1-3-10-23-16-17-27(28(21-23)35-2)36-20-19-33-26-14-8-7-13-25(26)32-29(33)15-9-18-31-30(34)22-37-24-11-5-4-6-12-24/h3-8,11-14,16-17,21H,1,9-10,15,18-20,22H2,2H3,(H,31,34). The molecule has 4 aromatic rings. The third-order valence-corrected chi connectivity index (χ3v) is 5.93. The molecule has 0 spiro atoms. The molecule has 0 unspecified atom stereocenters. The van der Waals surface area contributed by atoms with Crippen LogP contribution in [0.2, 0.25) is 0 Å². The average Bonchev–Trinajstić information content (AvgIpc) is 3.28. The van der Waals surface area contributed by atoms with Crippen molar-refractivity contribution in [1.29, 1.82) is 0 Å². The molecule has 192 valence electrons. The van der Waals surface area contributed by atoms with Gasteiger partial charge in [0.1, 0.15) is 18.2 Å². The van der Waals surface area contributed by atoms with Gasteiger partial charge in [0, 0.05) is 13.0 Å². The zero-order valence-corrected chi connectivity index (χ0v) is 21.2. The number of methoxy groups -OCH3 is 1. The predicted molar refractivity (Wildman–Crippen MR) is 145 cm³/mol. The summed E-state index contributed by atoms with van der Waals surface area (Å²) in [6, 6.07) is 23.3. The lowest BCUT2D eigenvalue weighted by Crippen LogP contribution is -2.30. The van der Waals surface area contributed by atoms with Crippen molar-refractivity contribution < 1.29 is 19.0 Å². The fourth-order valence-corrected chi connectivity index (χ4v) is 4.13. The van der Waals surface area contributed by atoms with E-state index in [2.05, 4.69) is 22.5 Å². The van der Waals surface area contributed by atoms with E-state index in [1.54, 1.807) is 7.11 Å². The van der Waals surface area contributed by atoms with Crippen LogP contribution in [0.3, 0.4) is 0 Å². The van der Waals surface area contributed by atoms with E-state index in [1.165, 1.54) is 0 Å². The minimum absolute atomic E-state index is 0.00209. The van der Waals surface area contributed by atoms with Crippen molar-refractivity contribution in [2.75, 3.05) is 26.9 Å². The summed E-state index contributed by atoms with van der Waals surface area (Å²) < 4.78 is 19.3. The van der Waals surface area contributed by atoms with Crippen LogP contribution in [0.4, 0.5) is 0 Å². The molecule has 0 bridgehead atoms. The highest BCUT2D eigenvalue weighted by atomic mass is 16.5. The van der Waals surface area contributed by atoms with Crippen LogP contribution >= 0.6 is 0 Å². The number of rotatable bonds is 14. The molecule has 1 N–H and O–H groups in total. The van der Waals surface area contributed by atoms with Crippen LogP contribution in [0, 0.1) is 0 Å². The van der Waals surface area contributed by atoms with Gasteiger partial charge in [-0.15, -0.1) is 6.58 Å². The van der Waals surface area contributed by atoms with Gasteiger partial charge in [-0.25, -0.2) is 4.98 Å². The van der Waals surface area contributed by atoms with Crippen molar-refractivity contribution in [2.45, 2.75) is 25.8 Å². The van der Waals surface area contributed by atoms with Crippen LogP contribution in [-0.2, 0) is 24.2 Å². The number of carbonyl (C=O) groups is 1. The third kappa shape index (κ3) is 7.13. The number of aromatic nitrogens is 2. The number of ether oxygens (including phenoxy) is 3. The maximum absolute atomic E-state index is 12.1. The van der Waals surface area contributed by atoms with Crippen LogP contribution < -0.4 is 19.5 Å². The molecule has 3 aromatic carbocycles. The third-order valence-electron chi connectivity index (χ3n) is 5.93. The molecular weight excluding hydrogens is 466 g/mol. The summed E-state index contributed by atoms with van der Waals surface area (Å²) >= 11 is 0. The molecule has 7 nitrogen and oxygen atoms in total. The number of carbonyl (C=O) groups excluding carboxylic acids is 1. The number of para-hydroxylation sites is 3. The summed E-state index contributed by atoms with van der Waals surface area (Å²) in [5, 5.41) is 2.92. The van der Waals surface area contributed by atoms with Gasteiger partial charge in [-0.05, 0) is 54.8 Å². The number of allylic oxidation sites excluding steroid dienone is 1. The Bertz CT molecular complexity index is 1320. The molecule has 0 saturated heterocycles. The lowest BCUT2D eigenvalue weighted by Gasteiger charge is -2.14. The topological polar surface area (TPSA) is 74.6 Å². The first kappa shape index (κ1) is 25.8. The van der Waals surface area contributed by atoms with Crippen molar-refractivity contribution >= 4 is 16.9 Å². The van der Waals surface area contributed by atoms with Gasteiger partial charge in [0.15, 0.2) is 18.1 Å². The summed E-state index contributed by atoms with van der Waals surface area (Å²) in [5.74, 6) is 2.93. The van der Waals surface area contributed by atoms with Crippen LogP contribution in [0.1, 0.15) is 17.8 Å². The smallest absolute Gasteiger partial charge is 0.257 e. The summed E-state index contributed by atoms with van der Waals surface area (Å²) in [7, 11) is 1.65. The van der Waals surface area contributed by atoms with Gasteiger partial charge < -0.3 is 24.1 Å².